The fourth-order valence-corrected chi connectivity index (χ4v) is 3.83. The number of nitrogens with zero attached hydrogens (tertiary/aromatic N) is 2. The summed E-state index contributed by atoms with van der Waals surface area (Å²) < 4.78 is 0. The third-order valence-corrected chi connectivity index (χ3v) is 6.02. The molecular weight excluding hydrogens is 563 g/mol. The summed E-state index contributed by atoms with van der Waals surface area (Å²) in [4.78, 5) is 13.1. The molecule has 2 nitrogen and oxygen atoms in total. The van der Waals surface area contributed by atoms with Gasteiger partial charge in [-0.05, 0) is 72.4 Å². The molecule has 0 spiro atoms. The van der Waals surface area contributed by atoms with Crippen LogP contribution in [0.15, 0.2) is 103 Å². The van der Waals surface area contributed by atoms with Crippen LogP contribution in [-0.2, 0) is 25.3 Å². The van der Waals surface area contributed by atoms with E-state index in [1.807, 2.05) is 96.0 Å². The Balaban J connectivity index is 0.000000529. The van der Waals surface area contributed by atoms with E-state index in [4.69, 9.17) is 0 Å². The SMILES string of the molecule is [CH3-].[CH3-].[SH2+]c1ccccc1N=Cc1cccs1.[SH2+]c1ccccc1N=Cc1cccs1.[Sn]. The van der Waals surface area contributed by atoms with Gasteiger partial charge in [-0.1, -0.05) is 36.4 Å². The molecule has 2 aromatic carbocycles. The minimum Gasteiger partial charge on any atom is -0.358 e. The van der Waals surface area contributed by atoms with Crippen LogP contribution in [0.4, 0.5) is 11.4 Å². The molecule has 31 heavy (non-hydrogen) atoms. The molecule has 0 bridgehead atoms. The first kappa shape index (κ1) is 29.7. The van der Waals surface area contributed by atoms with E-state index in [1.54, 1.807) is 22.7 Å². The molecule has 0 aliphatic carbocycles. The van der Waals surface area contributed by atoms with Crippen molar-refractivity contribution in [3.63, 3.8) is 0 Å². The topological polar surface area (TPSA) is 24.7 Å². The van der Waals surface area contributed by atoms with E-state index in [0.717, 1.165) is 21.2 Å². The molecule has 0 aliphatic heterocycles. The van der Waals surface area contributed by atoms with E-state index in [0.29, 0.717) is 0 Å². The quantitative estimate of drug-likeness (QED) is 0.116. The van der Waals surface area contributed by atoms with Crippen LogP contribution in [-0.4, -0.2) is 36.3 Å². The Bertz CT molecular complexity index is 957. The van der Waals surface area contributed by atoms with E-state index in [1.165, 1.54) is 9.75 Å². The first-order valence-electron chi connectivity index (χ1n) is 8.49. The third kappa shape index (κ3) is 10.2. The second-order valence-corrected chi connectivity index (χ2v) is 8.62. The van der Waals surface area contributed by atoms with Crippen molar-refractivity contribution in [2.45, 2.75) is 9.79 Å². The Labute approximate surface area is 222 Å². The predicted octanol–water partition coefficient (Wildman–Crippen LogP) is 6.26. The van der Waals surface area contributed by atoms with Crippen LogP contribution in [0.5, 0.6) is 0 Å². The number of benzene rings is 2. The average molecular weight is 589 g/mol. The second kappa shape index (κ2) is 16.3. The fraction of sp³-hybridized carbons (Fsp3) is 0. The van der Waals surface area contributed by atoms with Crippen LogP contribution in [0.3, 0.4) is 0 Å². The van der Waals surface area contributed by atoms with Crippen molar-refractivity contribution in [3.8, 4) is 0 Å². The fourth-order valence-electron chi connectivity index (χ4n) is 2.17. The molecule has 0 saturated carbocycles. The van der Waals surface area contributed by atoms with E-state index in [-0.39, 0.29) is 38.8 Å². The minimum atomic E-state index is 0. The first-order chi connectivity index (χ1) is 13.7. The number of hydrogen-bond donors (Lipinski definition) is 0. The van der Waals surface area contributed by atoms with Gasteiger partial charge in [0.25, 0.3) is 0 Å². The van der Waals surface area contributed by atoms with Gasteiger partial charge in [-0.3, -0.25) is 9.98 Å². The summed E-state index contributed by atoms with van der Waals surface area (Å²) >= 11 is 10.4. The van der Waals surface area contributed by atoms with Crippen LogP contribution < -0.4 is 0 Å². The number of rotatable bonds is 4. The third-order valence-electron chi connectivity index (χ3n) is 3.56. The van der Waals surface area contributed by atoms with Crippen LogP contribution in [0.25, 0.3) is 0 Å². The number of thiophene rings is 2. The summed E-state index contributed by atoms with van der Waals surface area (Å²) in [7, 11) is 0. The normalized spacial score (nSPS) is 9.87. The zero-order valence-electron chi connectivity index (χ0n) is 17.4. The molecule has 7 heteroatoms. The van der Waals surface area contributed by atoms with Gasteiger partial charge in [-0.15, -0.1) is 22.7 Å². The monoisotopic (exact) mass is 590 g/mol. The maximum absolute atomic E-state index is 4.39. The Kier molecular flexibility index (Phi) is 15.6. The maximum atomic E-state index is 4.39. The van der Waals surface area contributed by atoms with Gasteiger partial charge < -0.3 is 14.9 Å². The standard InChI is InChI=1S/2C11H9NS2.2CH3.Sn/c2*13-11-6-2-1-5-10(11)12-8-9-4-3-7-14-9;;;/h2*1-8,13H;2*1H3;/q;;2*-1;/p+2. The Morgan fingerprint density at radius 2 is 0.968 bits per heavy atom. The molecule has 4 rings (SSSR count). The van der Waals surface area contributed by atoms with Crippen molar-refractivity contribution >= 4 is 95.6 Å². The Hall–Kier alpha value is -1.32. The Morgan fingerprint density at radius 3 is 1.29 bits per heavy atom. The van der Waals surface area contributed by atoms with Crippen molar-refractivity contribution in [2.75, 3.05) is 0 Å². The van der Waals surface area contributed by atoms with Gasteiger partial charge in [-0.25, -0.2) is 0 Å². The molecule has 4 aromatic rings. The van der Waals surface area contributed by atoms with Crippen LogP contribution in [0, 0.1) is 14.9 Å². The molecule has 4 radical (unpaired) electrons. The molecule has 0 N–H and O–H groups in total. The summed E-state index contributed by atoms with van der Waals surface area (Å²) in [5, 5.41) is 4.09. The van der Waals surface area contributed by atoms with Crippen LogP contribution in [0.2, 0.25) is 0 Å². The van der Waals surface area contributed by atoms with E-state index in [2.05, 4.69) is 35.2 Å². The van der Waals surface area contributed by atoms with Crippen LogP contribution in [0.1, 0.15) is 9.75 Å². The zero-order valence-corrected chi connectivity index (χ0v) is 23.9. The molecule has 0 fully saturated rings. The molecule has 2 heterocycles. The van der Waals surface area contributed by atoms with E-state index >= 15 is 0 Å². The van der Waals surface area contributed by atoms with Gasteiger partial charge in [-0.2, -0.15) is 0 Å². The van der Waals surface area contributed by atoms with Gasteiger partial charge in [0.1, 0.15) is 11.4 Å². The number of hydrogen-bond acceptors (Lipinski definition) is 4. The molecule has 2 aromatic heterocycles. The Morgan fingerprint density at radius 1 is 0.581 bits per heavy atom. The zero-order chi connectivity index (χ0) is 19.6. The molecular formula is C24H26N2S4Sn. The molecule has 160 valence electrons. The van der Waals surface area contributed by atoms with Gasteiger partial charge in [0.2, 0.25) is 0 Å². The summed E-state index contributed by atoms with van der Waals surface area (Å²) in [5.74, 6) is 0. The molecule has 0 saturated heterocycles. The minimum absolute atomic E-state index is 0. The van der Waals surface area contributed by atoms with E-state index < -0.39 is 0 Å². The van der Waals surface area contributed by atoms with Gasteiger partial charge in [0.05, 0.1) is 0 Å². The van der Waals surface area contributed by atoms with Gasteiger partial charge in [0, 0.05) is 46.1 Å². The van der Waals surface area contributed by atoms with Crippen molar-refractivity contribution in [3.05, 3.63) is 108 Å². The van der Waals surface area contributed by atoms with Gasteiger partial charge >= 0.3 is 0 Å². The predicted molar refractivity (Wildman–Crippen MR) is 151 cm³/mol. The van der Waals surface area contributed by atoms with Crippen LogP contribution >= 0.6 is 22.7 Å². The van der Waals surface area contributed by atoms with Crippen molar-refractivity contribution in [1.82, 2.24) is 0 Å². The number of aliphatic imine (C=N–C) groups is 2. The summed E-state index contributed by atoms with van der Waals surface area (Å²) in [6.07, 6.45) is 3.76. The second-order valence-electron chi connectivity index (χ2n) is 5.58. The smallest absolute Gasteiger partial charge is 0.175 e. The van der Waals surface area contributed by atoms with Crippen molar-refractivity contribution in [1.29, 1.82) is 0 Å². The van der Waals surface area contributed by atoms with E-state index in [9.17, 15) is 0 Å². The average Bonchev–Trinajstić information content (AvgIpc) is 3.41. The summed E-state index contributed by atoms with van der Waals surface area (Å²) in [6.45, 7) is 0. The number of para-hydroxylation sites is 2. The largest absolute Gasteiger partial charge is 0.358 e. The molecule has 0 atom stereocenters. The van der Waals surface area contributed by atoms with Gasteiger partial charge in [0.15, 0.2) is 9.79 Å². The summed E-state index contributed by atoms with van der Waals surface area (Å²) in [5.41, 5.74) is 1.91. The maximum Gasteiger partial charge on any atom is 0.175 e. The molecule has 0 aliphatic rings. The summed E-state index contributed by atoms with van der Waals surface area (Å²) in [6, 6.07) is 24.0. The molecule has 0 amide bonds. The van der Waals surface area contributed by atoms with Crippen molar-refractivity contribution < 1.29 is 0 Å². The first-order valence-corrected chi connectivity index (χ1v) is 11.2. The van der Waals surface area contributed by atoms with Crippen molar-refractivity contribution in [2.24, 2.45) is 9.98 Å². The molecule has 0 unspecified atom stereocenters.